The van der Waals surface area contributed by atoms with Gasteiger partial charge in [-0.1, -0.05) is 45.9 Å². The van der Waals surface area contributed by atoms with Gasteiger partial charge in [0.25, 0.3) is 0 Å². The third kappa shape index (κ3) is 4.25. The summed E-state index contributed by atoms with van der Waals surface area (Å²) < 4.78 is 10.9. The van der Waals surface area contributed by atoms with Crippen molar-refractivity contribution in [2.75, 3.05) is 13.7 Å². The molecule has 0 spiro atoms. The Morgan fingerprint density at radius 3 is 2.32 bits per heavy atom. The Morgan fingerprint density at radius 2 is 1.82 bits per heavy atom. The van der Waals surface area contributed by atoms with Gasteiger partial charge in [0.1, 0.15) is 5.75 Å². The molecule has 0 fully saturated rings. The highest BCUT2D eigenvalue weighted by Gasteiger charge is 2.43. The number of esters is 1. The van der Waals surface area contributed by atoms with Gasteiger partial charge < -0.3 is 9.47 Å². The SMILES string of the molecule is CCOC(=O)C(Cc1ccccc1OC)(CC(C)C)C(C)C. The predicted octanol–water partition coefficient (Wildman–Crippen LogP) is 4.49. The predicted molar refractivity (Wildman–Crippen MR) is 90.1 cm³/mol. The van der Waals surface area contributed by atoms with E-state index in [0.717, 1.165) is 17.7 Å². The number of para-hydroxylation sites is 1. The molecule has 22 heavy (non-hydrogen) atoms. The van der Waals surface area contributed by atoms with Crippen LogP contribution in [0.1, 0.15) is 46.6 Å². The van der Waals surface area contributed by atoms with Gasteiger partial charge in [-0.25, -0.2) is 0 Å². The fourth-order valence-electron chi connectivity index (χ4n) is 3.10. The standard InChI is InChI=1S/C19H30O3/c1-7-22-18(20)19(15(4)5,12-14(2)3)13-16-10-8-9-11-17(16)21-6/h8-11,14-15H,7,12-13H2,1-6H3. The van der Waals surface area contributed by atoms with E-state index in [9.17, 15) is 4.79 Å². The second-order valence-electron chi connectivity index (χ2n) is 6.62. The van der Waals surface area contributed by atoms with Gasteiger partial charge in [-0.15, -0.1) is 0 Å². The van der Waals surface area contributed by atoms with Gasteiger partial charge in [0.05, 0.1) is 19.1 Å². The largest absolute Gasteiger partial charge is 0.496 e. The Bertz CT molecular complexity index is 479. The number of hydrogen-bond acceptors (Lipinski definition) is 3. The Labute approximate surface area is 135 Å². The summed E-state index contributed by atoms with van der Waals surface area (Å²) in [4.78, 5) is 12.8. The molecule has 1 aromatic carbocycles. The minimum atomic E-state index is -0.515. The normalized spacial score (nSPS) is 14.0. The lowest BCUT2D eigenvalue weighted by Crippen LogP contribution is -2.41. The van der Waals surface area contributed by atoms with Crippen molar-refractivity contribution in [3.8, 4) is 5.75 Å². The summed E-state index contributed by atoms with van der Waals surface area (Å²) >= 11 is 0. The average Bonchev–Trinajstić information content (AvgIpc) is 2.46. The summed E-state index contributed by atoms with van der Waals surface area (Å²) in [5.41, 5.74) is 0.547. The lowest BCUT2D eigenvalue weighted by atomic mass is 9.68. The Balaban J connectivity index is 3.26. The van der Waals surface area contributed by atoms with E-state index in [4.69, 9.17) is 9.47 Å². The van der Waals surface area contributed by atoms with Crippen molar-refractivity contribution in [3.05, 3.63) is 29.8 Å². The van der Waals surface area contributed by atoms with E-state index in [1.165, 1.54) is 0 Å². The Kier molecular flexibility index (Phi) is 6.92. The highest BCUT2D eigenvalue weighted by Crippen LogP contribution is 2.41. The third-order valence-corrected chi connectivity index (χ3v) is 4.26. The van der Waals surface area contributed by atoms with Crippen LogP contribution in [0.3, 0.4) is 0 Å². The number of ether oxygens (including phenoxy) is 2. The van der Waals surface area contributed by atoms with Gasteiger partial charge in [0.15, 0.2) is 0 Å². The van der Waals surface area contributed by atoms with E-state index >= 15 is 0 Å². The smallest absolute Gasteiger partial charge is 0.312 e. The zero-order valence-corrected chi connectivity index (χ0v) is 14.8. The number of rotatable bonds is 8. The van der Waals surface area contributed by atoms with Gasteiger partial charge in [-0.3, -0.25) is 4.79 Å². The van der Waals surface area contributed by atoms with E-state index in [1.807, 2.05) is 31.2 Å². The zero-order chi connectivity index (χ0) is 16.8. The number of benzene rings is 1. The molecular weight excluding hydrogens is 276 g/mol. The summed E-state index contributed by atoms with van der Waals surface area (Å²) in [6, 6.07) is 7.92. The monoisotopic (exact) mass is 306 g/mol. The molecule has 0 saturated heterocycles. The fraction of sp³-hybridized carbons (Fsp3) is 0.632. The number of carbonyl (C=O) groups is 1. The first-order valence-corrected chi connectivity index (χ1v) is 8.16. The molecule has 0 aromatic heterocycles. The number of hydrogen-bond donors (Lipinski definition) is 0. The van der Waals surface area contributed by atoms with Crippen LogP contribution in [0.25, 0.3) is 0 Å². The molecule has 0 saturated carbocycles. The van der Waals surface area contributed by atoms with Crippen LogP contribution in [-0.4, -0.2) is 19.7 Å². The van der Waals surface area contributed by atoms with E-state index in [-0.39, 0.29) is 11.9 Å². The van der Waals surface area contributed by atoms with Crippen molar-refractivity contribution in [1.82, 2.24) is 0 Å². The summed E-state index contributed by atoms with van der Waals surface area (Å²) in [6.07, 6.45) is 1.45. The second-order valence-corrected chi connectivity index (χ2v) is 6.62. The topological polar surface area (TPSA) is 35.5 Å². The molecule has 0 amide bonds. The van der Waals surface area contributed by atoms with E-state index in [2.05, 4.69) is 27.7 Å². The van der Waals surface area contributed by atoms with E-state index in [1.54, 1.807) is 7.11 Å². The van der Waals surface area contributed by atoms with Gasteiger partial charge in [0, 0.05) is 0 Å². The minimum absolute atomic E-state index is 0.0930. The van der Waals surface area contributed by atoms with Crippen LogP contribution >= 0.6 is 0 Å². The number of methoxy groups -OCH3 is 1. The van der Waals surface area contributed by atoms with Gasteiger partial charge in [0.2, 0.25) is 0 Å². The quantitative estimate of drug-likeness (QED) is 0.664. The van der Waals surface area contributed by atoms with Gasteiger partial charge >= 0.3 is 5.97 Å². The van der Waals surface area contributed by atoms with Crippen LogP contribution in [0.5, 0.6) is 5.75 Å². The highest BCUT2D eigenvalue weighted by molar-refractivity contribution is 5.78. The molecular formula is C19H30O3. The lowest BCUT2D eigenvalue weighted by molar-refractivity contribution is -0.160. The minimum Gasteiger partial charge on any atom is -0.496 e. The summed E-state index contributed by atoms with van der Waals surface area (Å²) in [6.45, 7) is 10.8. The maximum atomic E-state index is 12.8. The summed E-state index contributed by atoms with van der Waals surface area (Å²) in [5, 5.41) is 0. The van der Waals surface area contributed by atoms with Gasteiger partial charge in [-0.05, 0) is 43.2 Å². The van der Waals surface area contributed by atoms with Crippen LogP contribution < -0.4 is 4.74 Å². The Hall–Kier alpha value is -1.51. The molecule has 0 radical (unpaired) electrons. The van der Waals surface area contributed by atoms with Crippen LogP contribution in [0.4, 0.5) is 0 Å². The molecule has 3 heteroatoms. The third-order valence-electron chi connectivity index (χ3n) is 4.26. The van der Waals surface area contributed by atoms with Crippen LogP contribution in [0.2, 0.25) is 0 Å². The first-order valence-electron chi connectivity index (χ1n) is 8.16. The first-order chi connectivity index (χ1) is 10.4. The second kappa shape index (κ2) is 8.21. The molecule has 124 valence electrons. The maximum Gasteiger partial charge on any atom is 0.312 e. The zero-order valence-electron chi connectivity index (χ0n) is 14.8. The molecule has 3 nitrogen and oxygen atoms in total. The van der Waals surface area contributed by atoms with Crippen molar-refractivity contribution in [3.63, 3.8) is 0 Å². The molecule has 0 aliphatic rings. The molecule has 0 N–H and O–H groups in total. The molecule has 0 heterocycles. The van der Waals surface area contributed by atoms with E-state index in [0.29, 0.717) is 18.9 Å². The van der Waals surface area contributed by atoms with Crippen LogP contribution in [-0.2, 0) is 16.0 Å². The molecule has 1 atom stereocenters. The van der Waals surface area contributed by atoms with Crippen molar-refractivity contribution < 1.29 is 14.3 Å². The molecule has 1 rings (SSSR count). The van der Waals surface area contributed by atoms with Crippen molar-refractivity contribution in [2.45, 2.75) is 47.5 Å². The van der Waals surface area contributed by atoms with Gasteiger partial charge in [-0.2, -0.15) is 0 Å². The summed E-state index contributed by atoms with van der Waals surface area (Å²) in [5.74, 6) is 1.35. The molecule has 0 bridgehead atoms. The molecule has 1 unspecified atom stereocenters. The lowest BCUT2D eigenvalue weighted by Gasteiger charge is -2.37. The van der Waals surface area contributed by atoms with Crippen molar-refractivity contribution in [2.24, 2.45) is 17.3 Å². The maximum absolute atomic E-state index is 12.8. The fourth-order valence-corrected chi connectivity index (χ4v) is 3.10. The summed E-state index contributed by atoms with van der Waals surface area (Å²) in [7, 11) is 1.67. The number of carbonyl (C=O) groups excluding carboxylic acids is 1. The molecule has 0 aliphatic heterocycles. The van der Waals surface area contributed by atoms with Crippen molar-refractivity contribution in [1.29, 1.82) is 0 Å². The molecule has 1 aromatic rings. The van der Waals surface area contributed by atoms with Crippen LogP contribution in [0, 0.1) is 17.3 Å². The highest BCUT2D eigenvalue weighted by atomic mass is 16.5. The average molecular weight is 306 g/mol. The van der Waals surface area contributed by atoms with Crippen molar-refractivity contribution >= 4 is 5.97 Å². The Morgan fingerprint density at radius 1 is 1.18 bits per heavy atom. The first kappa shape index (κ1) is 18.5. The van der Waals surface area contributed by atoms with E-state index < -0.39 is 5.41 Å². The molecule has 0 aliphatic carbocycles. The van der Waals surface area contributed by atoms with Crippen LogP contribution in [0.15, 0.2) is 24.3 Å².